The highest BCUT2D eigenvalue weighted by molar-refractivity contribution is 5.34. The van der Waals surface area contributed by atoms with Crippen LogP contribution >= 0.6 is 0 Å². The monoisotopic (exact) mass is 184 g/mol. The minimum atomic E-state index is -0.205. The highest BCUT2D eigenvalue weighted by Crippen LogP contribution is 2.25. The quantitative estimate of drug-likeness (QED) is 0.675. The largest absolute Gasteiger partial charge is 0.481 e. The van der Waals surface area contributed by atoms with Gasteiger partial charge in [-0.05, 0) is 6.92 Å². The van der Waals surface area contributed by atoms with Crippen LogP contribution in [0.15, 0.2) is 0 Å². The van der Waals surface area contributed by atoms with Crippen LogP contribution in [0.1, 0.15) is 17.3 Å². The Labute approximate surface area is 77.7 Å². The molecule has 0 aliphatic rings. The summed E-state index contributed by atoms with van der Waals surface area (Å²) in [4.78, 5) is 0. The zero-order valence-electron chi connectivity index (χ0n) is 8.24. The second kappa shape index (κ2) is 3.76. The lowest BCUT2D eigenvalue weighted by Gasteiger charge is -2.10. The van der Waals surface area contributed by atoms with Crippen LogP contribution < -0.4 is 16.2 Å². The molecule has 74 valence electrons. The van der Waals surface area contributed by atoms with E-state index in [2.05, 4.69) is 5.10 Å². The molecule has 1 atom stereocenters. The van der Waals surface area contributed by atoms with Gasteiger partial charge in [0.1, 0.15) is 0 Å². The van der Waals surface area contributed by atoms with Crippen molar-refractivity contribution in [1.82, 2.24) is 9.78 Å². The van der Waals surface area contributed by atoms with Crippen LogP contribution in [0.2, 0.25) is 0 Å². The van der Waals surface area contributed by atoms with Crippen molar-refractivity contribution < 1.29 is 4.74 Å². The van der Waals surface area contributed by atoms with E-state index in [9.17, 15) is 0 Å². The molecule has 5 nitrogen and oxygen atoms in total. The van der Waals surface area contributed by atoms with Gasteiger partial charge in [-0.2, -0.15) is 5.10 Å². The molecule has 1 rings (SSSR count). The van der Waals surface area contributed by atoms with Crippen LogP contribution in [0.3, 0.4) is 0 Å². The van der Waals surface area contributed by atoms with Crippen molar-refractivity contribution in [2.24, 2.45) is 18.5 Å². The maximum absolute atomic E-state index is 5.83. The number of nitrogens with zero attached hydrogens (tertiary/aromatic N) is 2. The van der Waals surface area contributed by atoms with E-state index in [4.69, 9.17) is 16.2 Å². The number of hydrogen-bond acceptors (Lipinski definition) is 4. The average molecular weight is 184 g/mol. The topological polar surface area (TPSA) is 79.1 Å². The average Bonchev–Trinajstić information content (AvgIpc) is 2.39. The molecule has 0 aliphatic carbocycles. The van der Waals surface area contributed by atoms with Crippen molar-refractivity contribution >= 4 is 0 Å². The summed E-state index contributed by atoms with van der Waals surface area (Å²) in [6, 6.07) is -0.205. The van der Waals surface area contributed by atoms with Crippen LogP contribution in [0, 0.1) is 6.92 Å². The number of ether oxygens (including phenoxy) is 1. The van der Waals surface area contributed by atoms with E-state index in [1.807, 2.05) is 14.0 Å². The molecular weight excluding hydrogens is 168 g/mol. The number of methoxy groups -OCH3 is 1. The molecule has 1 aromatic rings. The predicted octanol–water partition coefficient (Wildman–Crippen LogP) is -0.304. The van der Waals surface area contributed by atoms with Crippen LogP contribution in [0.4, 0.5) is 0 Å². The Morgan fingerprint density at radius 2 is 2.23 bits per heavy atom. The normalized spacial score (nSPS) is 13.0. The number of hydrogen-bond donors (Lipinski definition) is 2. The number of rotatable bonds is 3. The van der Waals surface area contributed by atoms with Gasteiger partial charge in [-0.25, -0.2) is 4.68 Å². The van der Waals surface area contributed by atoms with Gasteiger partial charge >= 0.3 is 0 Å². The van der Waals surface area contributed by atoms with E-state index >= 15 is 0 Å². The second-order valence-corrected chi connectivity index (χ2v) is 2.97. The molecule has 0 bridgehead atoms. The van der Waals surface area contributed by atoms with Crippen molar-refractivity contribution in [3.8, 4) is 5.88 Å². The molecular formula is C8H16N4O. The van der Waals surface area contributed by atoms with Crippen molar-refractivity contribution in [3.05, 3.63) is 11.3 Å². The summed E-state index contributed by atoms with van der Waals surface area (Å²) >= 11 is 0. The van der Waals surface area contributed by atoms with Gasteiger partial charge in [0.2, 0.25) is 5.88 Å². The zero-order chi connectivity index (χ0) is 10.0. The Hall–Kier alpha value is -1.07. The highest BCUT2D eigenvalue weighted by atomic mass is 16.5. The number of aryl methyl sites for hydroxylation is 2. The molecule has 0 spiro atoms. The Kier molecular flexibility index (Phi) is 2.90. The van der Waals surface area contributed by atoms with Crippen molar-refractivity contribution in [3.63, 3.8) is 0 Å². The molecule has 0 aliphatic heterocycles. The second-order valence-electron chi connectivity index (χ2n) is 2.97. The lowest BCUT2D eigenvalue weighted by atomic mass is 10.1. The van der Waals surface area contributed by atoms with Gasteiger partial charge in [-0.3, -0.25) is 0 Å². The summed E-state index contributed by atoms with van der Waals surface area (Å²) in [7, 11) is 3.42. The molecule has 1 aromatic heterocycles. The molecule has 0 saturated heterocycles. The van der Waals surface area contributed by atoms with Gasteiger partial charge in [-0.15, -0.1) is 0 Å². The molecule has 4 N–H and O–H groups in total. The minimum Gasteiger partial charge on any atom is -0.481 e. The van der Waals surface area contributed by atoms with E-state index in [0.29, 0.717) is 12.4 Å². The zero-order valence-corrected chi connectivity index (χ0v) is 8.24. The van der Waals surface area contributed by atoms with E-state index in [0.717, 1.165) is 11.3 Å². The van der Waals surface area contributed by atoms with E-state index in [1.54, 1.807) is 11.8 Å². The van der Waals surface area contributed by atoms with Crippen LogP contribution in [-0.4, -0.2) is 23.4 Å². The highest BCUT2D eigenvalue weighted by Gasteiger charge is 2.18. The smallest absolute Gasteiger partial charge is 0.216 e. The SMILES string of the molecule is COc1c(C(N)CN)c(C)nn1C. The summed E-state index contributed by atoms with van der Waals surface area (Å²) in [5, 5.41) is 4.21. The molecule has 0 amide bonds. The maximum atomic E-state index is 5.83. The van der Waals surface area contributed by atoms with Gasteiger partial charge in [0, 0.05) is 19.6 Å². The molecule has 1 unspecified atom stereocenters. The van der Waals surface area contributed by atoms with Crippen molar-refractivity contribution in [2.45, 2.75) is 13.0 Å². The Bertz CT molecular complexity index is 295. The first kappa shape index (κ1) is 10.0. The van der Waals surface area contributed by atoms with Crippen molar-refractivity contribution in [2.75, 3.05) is 13.7 Å². The van der Waals surface area contributed by atoms with E-state index < -0.39 is 0 Å². The Balaban J connectivity index is 3.16. The van der Waals surface area contributed by atoms with Gasteiger partial charge in [0.25, 0.3) is 0 Å². The fourth-order valence-corrected chi connectivity index (χ4v) is 1.44. The molecule has 0 fully saturated rings. The fraction of sp³-hybridized carbons (Fsp3) is 0.625. The van der Waals surface area contributed by atoms with Crippen LogP contribution in [0.25, 0.3) is 0 Å². The van der Waals surface area contributed by atoms with Crippen LogP contribution in [0.5, 0.6) is 5.88 Å². The molecule has 0 aromatic carbocycles. The lowest BCUT2D eigenvalue weighted by Crippen LogP contribution is -2.21. The van der Waals surface area contributed by atoms with Gasteiger partial charge < -0.3 is 16.2 Å². The lowest BCUT2D eigenvalue weighted by molar-refractivity contribution is 0.366. The fourth-order valence-electron chi connectivity index (χ4n) is 1.44. The minimum absolute atomic E-state index is 0.205. The third-order valence-corrected chi connectivity index (χ3v) is 2.03. The predicted molar refractivity (Wildman–Crippen MR) is 50.5 cm³/mol. The standard InChI is InChI=1S/C8H16N4O/c1-5-7(6(10)4-9)8(13-3)12(2)11-5/h6H,4,9-10H2,1-3H3. The first-order valence-corrected chi connectivity index (χ1v) is 4.15. The first-order chi connectivity index (χ1) is 6.11. The van der Waals surface area contributed by atoms with E-state index in [-0.39, 0.29) is 6.04 Å². The van der Waals surface area contributed by atoms with Gasteiger partial charge in [-0.1, -0.05) is 0 Å². The maximum Gasteiger partial charge on any atom is 0.216 e. The third kappa shape index (κ3) is 1.66. The summed E-state index contributed by atoms with van der Waals surface area (Å²) in [6.45, 7) is 2.29. The van der Waals surface area contributed by atoms with Gasteiger partial charge in [0.05, 0.1) is 18.4 Å². The third-order valence-electron chi connectivity index (χ3n) is 2.03. The summed E-state index contributed by atoms with van der Waals surface area (Å²) < 4.78 is 6.85. The van der Waals surface area contributed by atoms with E-state index in [1.165, 1.54) is 0 Å². The first-order valence-electron chi connectivity index (χ1n) is 4.15. The summed E-state index contributed by atoms with van der Waals surface area (Å²) in [5.41, 5.74) is 13.1. The number of aromatic nitrogens is 2. The van der Waals surface area contributed by atoms with Gasteiger partial charge in [0.15, 0.2) is 0 Å². The molecule has 5 heteroatoms. The summed E-state index contributed by atoms with van der Waals surface area (Å²) in [6.07, 6.45) is 0. The molecule has 13 heavy (non-hydrogen) atoms. The van der Waals surface area contributed by atoms with Crippen molar-refractivity contribution in [1.29, 1.82) is 0 Å². The Morgan fingerprint density at radius 1 is 1.62 bits per heavy atom. The molecule has 0 saturated carbocycles. The van der Waals surface area contributed by atoms with Crippen LogP contribution in [-0.2, 0) is 7.05 Å². The molecule has 1 heterocycles. The molecule has 0 radical (unpaired) electrons. The number of nitrogens with two attached hydrogens (primary N) is 2. The Morgan fingerprint density at radius 3 is 2.69 bits per heavy atom. The summed E-state index contributed by atoms with van der Waals surface area (Å²) in [5.74, 6) is 0.690.